The number of primary amides is 1. The number of phenolic OH excluding ortho intramolecular Hbond substituents is 1. The fourth-order valence-electron chi connectivity index (χ4n) is 5.20. The molecule has 3 aliphatic rings. The number of aliphatic hydroxyl groups excluding tert-OH is 3. The van der Waals surface area contributed by atoms with E-state index in [4.69, 9.17) is 11.3 Å². The number of phenols is 1. The summed E-state index contributed by atoms with van der Waals surface area (Å²) in [5.41, 5.74) is 7.90. The third kappa shape index (κ3) is 2.45. The Balaban J connectivity index is 2.05. The third-order valence-electron chi connectivity index (χ3n) is 6.61. The standard InChI is InChI=1S/C20H18N4O8/c1-5-10-7(23-24-22)2-3-8(25)12(10)16(28)14-11(5)15(27)6-4-9(26)13(19(21)31)17(29)20(6,32)18(14)30/h2-3,5-6,11,15,22,27,32H,4H2,1H3,(H4,21,26,28,29,30,31)/p+1/t5-,6+,11+,15+,20+/m0/s1. The number of Topliss-reactive ketones (excluding diaryl/α,β-unsaturated/α-hetero) is 2. The van der Waals surface area contributed by atoms with Crippen molar-refractivity contribution >= 4 is 28.9 Å². The van der Waals surface area contributed by atoms with Crippen LogP contribution in [-0.4, -0.2) is 54.7 Å². The van der Waals surface area contributed by atoms with Gasteiger partial charge in [0.1, 0.15) is 28.4 Å². The number of nitrogens with two attached hydrogens (primary N) is 1. The molecule has 0 spiro atoms. The Bertz CT molecular complexity index is 1230. The first kappa shape index (κ1) is 21.4. The number of hydrogen-bond acceptors (Lipinski definition) is 10. The summed E-state index contributed by atoms with van der Waals surface area (Å²) in [5.74, 6) is -9.53. The average molecular weight is 443 g/mol. The van der Waals surface area contributed by atoms with E-state index in [0.717, 1.165) is 6.07 Å². The van der Waals surface area contributed by atoms with Gasteiger partial charge in [0.15, 0.2) is 22.2 Å². The highest BCUT2D eigenvalue weighted by Gasteiger charge is 2.65. The molecule has 32 heavy (non-hydrogen) atoms. The zero-order valence-corrected chi connectivity index (χ0v) is 16.6. The Kier molecular flexibility index (Phi) is 4.56. The van der Waals surface area contributed by atoms with E-state index in [0.29, 0.717) is 0 Å². The number of ketones is 2. The highest BCUT2D eigenvalue weighted by molar-refractivity contribution is 6.23. The second-order valence-electron chi connectivity index (χ2n) is 8.08. The van der Waals surface area contributed by atoms with Crippen LogP contribution in [0.25, 0.3) is 5.76 Å². The van der Waals surface area contributed by atoms with Gasteiger partial charge in [0, 0.05) is 29.4 Å². The van der Waals surface area contributed by atoms with Crippen molar-refractivity contribution in [1.29, 1.82) is 5.53 Å². The van der Waals surface area contributed by atoms with Crippen LogP contribution in [0.4, 0.5) is 5.69 Å². The number of fused-ring (bicyclic) bond motifs is 3. The van der Waals surface area contributed by atoms with Crippen LogP contribution in [0.1, 0.15) is 30.4 Å². The van der Waals surface area contributed by atoms with Crippen LogP contribution in [0.15, 0.2) is 34.2 Å². The van der Waals surface area contributed by atoms with Gasteiger partial charge in [-0.3, -0.25) is 14.4 Å². The Hall–Kier alpha value is -3.86. The van der Waals surface area contributed by atoms with Gasteiger partial charge in [-0.15, -0.1) is 0 Å². The zero-order chi connectivity index (χ0) is 23.7. The van der Waals surface area contributed by atoms with Gasteiger partial charge >= 0.3 is 0 Å². The molecule has 4 rings (SSSR count). The number of carbonyl (C=O) groups excluding carboxylic acids is 3. The molecular formula is C20H19N4O8+. The maximum Gasteiger partial charge on any atom is 0.255 e. The molecule has 1 aromatic rings. The molecule has 12 nitrogen and oxygen atoms in total. The Morgan fingerprint density at radius 1 is 1.28 bits per heavy atom. The van der Waals surface area contributed by atoms with Crippen LogP contribution in [-0.2, 0) is 14.4 Å². The topological polar surface area (TPSA) is 229 Å². The molecule has 0 unspecified atom stereocenters. The second-order valence-corrected chi connectivity index (χ2v) is 8.08. The summed E-state index contributed by atoms with van der Waals surface area (Å²) >= 11 is 0. The molecule has 1 fully saturated rings. The van der Waals surface area contributed by atoms with Crippen molar-refractivity contribution in [2.45, 2.75) is 31.0 Å². The van der Waals surface area contributed by atoms with Crippen molar-refractivity contribution in [3.8, 4) is 5.75 Å². The van der Waals surface area contributed by atoms with Crippen molar-refractivity contribution in [2.24, 2.45) is 22.7 Å². The molecule has 3 aliphatic carbocycles. The van der Waals surface area contributed by atoms with Crippen LogP contribution >= 0.6 is 0 Å². The number of nitrogens with one attached hydrogen (secondary N) is 1. The number of benzene rings is 1. The summed E-state index contributed by atoms with van der Waals surface area (Å²) in [7, 11) is 0. The molecular weight excluding hydrogens is 424 g/mol. The number of hydrogen-bond donors (Lipinski definition) is 7. The summed E-state index contributed by atoms with van der Waals surface area (Å²) in [4.78, 5) is 40.5. The molecule has 1 amide bonds. The maximum atomic E-state index is 13.4. The number of rotatable bonds is 2. The van der Waals surface area contributed by atoms with E-state index < -0.39 is 81.8 Å². The lowest BCUT2D eigenvalue weighted by Gasteiger charge is -2.50. The summed E-state index contributed by atoms with van der Waals surface area (Å²) < 4.78 is 0. The van der Waals surface area contributed by atoms with Crippen molar-refractivity contribution in [1.82, 2.24) is 4.91 Å². The van der Waals surface area contributed by atoms with Gasteiger partial charge in [-0.05, 0) is 18.1 Å². The van der Waals surface area contributed by atoms with Crippen molar-refractivity contribution < 1.29 is 39.9 Å². The van der Waals surface area contributed by atoms with Gasteiger partial charge in [0.2, 0.25) is 10.7 Å². The van der Waals surface area contributed by atoms with Gasteiger partial charge in [-0.2, -0.15) is 0 Å². The minimum Gasteiger partial charge on any atom is -0.508 e. The summed E-state index contributed by atoms with van der Waals surface area (Å²) in [6.45, 7) is 1.56. The predicted molar refractivity (Wildman–Crippen MR) is 104 cm³/mol. The molecule has 0 radical (unpaired) electrons. The molecule has 12 heteroatoms. The van der Waals surface area contributed by atoms with E-state index in [1.54, 1.807) is 6.92 Å². The van der Waals surface area contributed by atoms with Crippen molar-refractivity contribution in [2.75, 3.05) is 0 Å². The first-order valence-electron chi connectivity index (χ1n) is 9.57. The van der Waals surface area contributed by atoms with Crippen LogP contribution in [0.3, 0.4) is 0 Å². The first-order valence-corrected chi connectivity index (χ1v) is 9.57. The van der Waals surface area contributed by atoms with Crippen LogP contribution < -0.4 is 10.6 Å². The SMILES string of the molecule is C[C@H]1c2c(N=[N+]=N)ccc(O)c2C(O)=C2C(=O)[C@]3(O)C(O)=C(C(N)=O)C(=O)C[C@@H]3[C@@H](O)[C@@H]21. The minimum absolute atomic E-state index is 0.102. The van der Waals surface area contributed by atoms with E-state index in [1.807, 2.05) is 0 Å². The van der Waals surface area contributed by atoms with E-state index in [2.05, 4.69) is 10.0 Å². The van der Waals surface area contributed by atoms with Gasteiger partial charge < -0.3 is 31.3 Å². The number of nitrogens with zero attached hydrogens (tertiary/aromatic N) is 2. The van der Waals surface area contributed by atoms with E-state index >= 15 is 0 Å². The molecule has 0 aliphatic heterocycles. The predicted octanol–water partition coefficient (Wildman–Crippen LogP) is 0.138. The van der Waals surface area contributed by atoms with Crippen LogP contribution in [0.2, 0.25) is 0 Å². The van der Waals surface area contributed by atoms with Crippen molar-refractivity contribution in [3.63, 3.8) is 0 Å². The second kappa shape index (κ2) is 6.82. The summed E-state index contributed by atoms with van der Waals surface area (Å²) in [6, 6.07) is 2.50. The largest absolute Gasteiger partial charge is 0.508 e. The van der Waals surface area contributed by atoms with Crippen molar-refractivity contribution in [3.05, 3.63) is 40.2 Å². The molecule has 0 aromatic heterocycles. The first-order chi connectivity index (χ1) is 15.0. The zero-order valence-electron chi connectivity index (χ0n) is 16.6. The summed E-state index contributed by atoms with van der Waals surface area (Å²) in [5, 5.41) is 57.8. The van der Waals surface area contributed by atoms with Gasteiger partial charge in [-0.25, -0.2) is 0 Å². The molecule has 8 N–H and O–H groups in total. The summed E-state index contributed by atoms with van der Waals surface area (Å²) in [6.07, 6.45) is -2.29. The van der Waals surface area contributed by atoms with Gasteiger partial charge in [0.05, 0.1) is 11.7 Å². The Morgan fingerprint density at radius 2 is 1.94 bits per heavy atom. The molecule has 0 bridgehead atoms. The number of aromatic hydroxyl groups is 1. The number of amides is 1. The molecule has 0 heterocycles. The Labute approximate surface area is 179 Å². The van der Waals surface area contributed by atoms with Crippen LogP contribution in [0.5, 0.6) is 5.75 Å². The molecule has 5 atom stereocenters. The fraction of sp³-hybridized carbons (Fsp3) is 0.350. The number of carbonyl (C=O) groups is 3. The van der Waals surface area contributed by atoms with Gasteiger partial charge in [0.25, 0.3) is 5.91 Å². The average Bonchev–Trinajstić information content (AvgIpc) is 2.72. The molecule has 1 aromatic carbocycles. The lowest BCUT2D eigenvalue weighted by molar-refractivity contribution is -0.160. The maximum absolute atomic E-state index is 13.4. The van der Waals surface area contributed by atoms with E-state index in [1.165, 1.54) is 6.07 Å². The van der Waals surface area contributed by atoms with E-state index in [-0.39, 0.29) is 16.8 Å². The van der Waals surface area contributed by atoms with Crippen LogP contribution in [0, 0.1) is 17.4 Å². The third-order valence-corrected chi connectivity index (χ3v) is 6.61. The molecule has 1 saturated carbocycles. The quantitative estimate of drug-likeness (QED) is 0.188. The Morgan fingerprint density at radius 3 is 2.53 bits per heavy atom. The van der Waals surface area contributed by atoms with E-state index in [9.17, 15) is 39.9 Å². The molecule has 166 valence electrons. The monoisotopic (exact) mass is 443 g/mol. The lowest BCUT2D eigenvalue weighted by atomic mass is 9.55. The minimum atomic E-state index is -2.89. The normalized spacial score (nSPS) is 31.5. The highest BCUT2D eigenvalue weighted by Crippen LogP contribution is 2.56. The fourth-order valence-corrected chi connectivity index (χ4v) is 5.20. The highest BCUT2D eigenvalue weighted by atomic mass is 16.4. The molecule has 0 saturated heterocycles. The van der Waals surface area contributed by atoms with Gasteiger partial charge in [-0.1, -0.05) is 6.92 Å². The lowest BCUT2D eigenvalue weighted by Crippen LogP contribution is -2.63. The number of aliphatic hydroxyl groups is 4. The smallest absolute Gasteiger partial charge is 0.255 e.